The van der Waals surface area contributed by atoms with Crippen molar-refractivity contribution in [1.82, 2.24) is 10.3 Å². The summed E-state index contributed by atoms with van der Waals surface area (Å²) in [5, 5.41) is 13.0. The van der Waals surface area contributed by atoms with E-state index in [1.165, 1.54) is 0 Å². The van der Waals surface area contributed by atoms with Crippen LogP contribution in [0, 0.1) is 13.8 Å². The molecule has 0 spiro atoms. The largest absolute Gasteiger partial charge is 0.436 e. The number of amides is 1. The molecule has 1 aromatic heterocycles. The quantitative estimate of drug-likeness (QED) is 0.886. The minimum absolute atomic E-state index is 0.183. The molecule has 1 heterocycles. The van der Waals surface area contributed by atoms with Gasteiger partial charge in [-0.3, -0.25) is 4.79 Å². The standard InChI is InChI=1S/C16H20N2O3/c1-10(9-14(19)13-7-5-4-6-8-13)17-16(20)15-11(2)18-12(3)21-15/h4-8,10,14,19H,9H2,1-3H3,(H,17,20)/t10-,14-/m0/s1. The van der Waals surface area contributed by atoms with Crippen LogP contribution in [0.3, 0.4) is 0 Å². The SMILES string of the molecule is Cc1nc(C)c(C(=O)N[C@@H](C)C[C@H](O)c2ccccc2)o1. The number of carbonyl (C=O) groups excluding carboxylic acids is 1. The number of hydrogen-bond donors (Lipinski definition) is 2. The van der Waals surface area contributed by atoms with Gasteiger partial charge in [0.15, 0.2) is 5.89 Å². The highest BCUT2D eigenvalue weighted by molar-refractivity contribution is 5.92. The van der Waals surface area contributed by atoms with Crippen molar-refractivity contribution in [2.24, 2.45) is 0 Å². The molecule has 0 saturated carbocycles. The van der Waals surface area contributed by atoms with Crippen molar-refractivity contribution in [2.75, 3.05) is 0 Å². The van der Waals surface area contributed by atoms with Crippen LogP contribution < -0.4 is 5.32 Å². The van der Waals surface area contributed by atoms with Gasteiger partial charge in [0, 0.05) is 13.0 Å². The molecule has 5 heteroatoms. The highest BCUT2D eigenvalue weighted by atomic mass is 16.4. The summed E-state index contributed by atoms with van der Waals surface area (Å²) in [5.74, 6) is 0.393. The lowest BCUT2D eigenvalue weighted by molar-refractivity contribution is 0.0887. The molecule has 112 valence electrons. The molecule has 0 radical (unpaired) electrons. The fourth-order valence-electron chi connectivity index (χ4n) is 2.24. The minimum atomic E-state index is -0.612. The zero-order chi connectivity index (χ0) is 15.4. The van der Waals surface area contributed by atoms with Crippen LogP contribution in [0.1, 0.15) is 47.2 Å². The zero-order valence-corrected chi connectivity index (χ0v) is 12.5. The van der Waals surface area contributed by atoms with E-state index in [1.807, 2.05) is 37.3 Å². The number of aryl methyl sites for hydroxylation is 2. The normalized spacial score (nSPS) is 13.7. The fourth-order valence-corrected chi connectivity index (χ4v) is 2.24. The molecule has 1 amide bonds. The molecule has 0 saturated heterocycles. The van der Waals surface area contributed by atoms with Gasteiger partial charge >= 0.3 is 0 Å². The Labute approximate surface area is 124 Å². The van der Waals surface area contributed by atoms with E-state index in [0.29, 0.717) is 18.0 Å². The van der Waals surface area contributed by atoms with Crippen LogP contribution in [0.5, 0.6) is 0 Å². The fraction of sp³-hybridized carbons (Fsp3) is 0.375. The predicted octanol–water partition coefficient (Wildman–Crippen LogP) is 2.53. The lowest BCUT2D eigenvalue weighted by atomic mass is 10.0. The van der Waals surface area contributed by atoms with Gasteiger partial charge in [0.05, 0.1) is 11.8 Å². The minimum Gasteiger partial charge on any atom is -0.436 e. The molecular weight excluding hydrogens is 268 g/mol. The molecule has 2 atom stereocenters. The maximum absolute atomic E-state index is 12.1. The monoisotopic (exact) mass is 288 g/mol. The molecule has 2 rings (SSSR count). The highest BCUT2D eigenvalue weighted by Gasteiger charge is 2.19. The molecule has 5 nitrogen and oxygen atoms in total. The first-order chi connectivity index (χ1) is 9.97. The summed E-state index contributed by atoms with van der Waals surface area (Å²) in [6, 6.07) is 9.20. The van der Waals surface area contributed by atoms with Gasteiger partial charge in [0.2, 0.25) is 5.76 Å². The summed E-state index contributed by atoms with van der Waals surface area (Å²) in [6.45, 7) is 5.28. The summed E-state index contributed by atoms with van der Waals surface area (Å²) < 4.78 is 5.28. The Balaban J connectivity index is 1.94. The molecular formula is C16H20N2O3. The first-order valence-electron chi connectivity index (χ1n) is 6.95. The Morgan fingerprint density at radius 3 is 2.57 bits per heavy atom. The van der Waals surface area contributed by atoms with Crippen molar-refractivity contribution in [2.45, 2.75) is 39.3 Å². The van der Waals surface area contributed by atoms with Crippen molar-refractivity contribution >= 4 is 5.91 Å². The van der Waals surface area contributed by atoms with E-state index in [1.54, 1.807) is 13.8 Å². The summed E-state index contributed by atoms with van der Waals surface area (Å²) >= 11 is 0. The van der Waals surface area contributed by atoms with Crippen LogP contribution >= 0.6 is 0 Å². The Kier molecular flexibility index (Phi) is 4.75. The van der Waals surface area contributed by atoms with Crippen molar-refractivity contribution in [3.63, 3.8) is 0 Å². The number of aliphatic hydroxyl groups is 1. The van der Waals surface area contributed by atoms with Crippen molar-refractivity contribution in [3.05, 3.63) is 53.2 Å². The zero-order valence-electron chi connectivity index (χ0n) is 12.5. The number of benzene rings is 1. The third kappa shape index (κ3) is 3.92. The number of carbonyl (C=O) groups is 1. The highest BCUT2D eigenvalue weighted by Crippen LogP contribution is 2.18. The lowest BCUT2D eigenvalue weighted by Crippen LogP contribution is -2.33. The molecule has 2 aromatic rings. The predicted molar refractivity (Wildman–Crippen MR) is 78.9 cm³/mol. The van der Waals surface area contributed by atoms with E-state index in [9.17, 15) is 9.90 Å². The topological polar surface area (TPSA) is 75.4 Å². The molecule has 0 unspecified atom stereocenters. The second-order valence-corrected chi connectivity index (χ2v) is 5.18. The Morgan fingerprint density at radius 2 is 2.00 bits per heavy atom. The molecule has 0 bridgehead atoms. The number of hydrogen-bond acceptors (Lipinski definition) is 4. The van der Waals surface area contributed by atoms with Gasteiger partial charge in [0.1, 0.15) is 0 Å². The maximum Gasteiger partial charge on any atom is 0.289 e. The van der Waals surface area contributed by atoms with E-state index in [4.69, 9.17) is 4.42 Å². The van der Waals surface area contributed by atoms with E-state index < -0.39 is 6.10 Å². The van der Waals surface area contributed by atoms with Crippen LogP contribution in [0.15, 0.2) is 34.7 Å². The van der Waals surface area contributed by atoms with Crippen molar-refractivity contribution in [3.8, 4) is 0 Å². The van der Waals surface area contributed by atoms with E-state index in [0.717, 1.165) is 5.56 Å². The molecule has 2 N–H and O–H groups in total. The number of oxazole rings is 1. The van der Waals surface area contributed by atoms with Gasteiger partial charge in [-0.15, -0.1) is 0 Å². The Hall–Kier alpha value is -2.14. The van der Waals surface area contributed by atoms with Gasteiger partial charge in [0.25, 0.3) is 5.91 Å². The molecule has 0 aliphatic rings. The molecule has 0 fully saturated rings. The second-order valence-electron chi connectivity index (χ2n) is 5.18. The van der Waals surface area contributed by atoms with Crippen LogP contribution in [-0.4, -0.2) is 22.0 Å². The number of aromatic nitrogens is 1. The summed E-state index contributed by atoms with van der Waals surface area (Å²) in [7, 11) is 0. The third-order valence-corrected chi connectivity index (χ3v) is 3.25. The number of nitrogens with one attached hydrogen (secondary N) is 1. The van der Waals surface area contributed by atoms with Crippen LogP contribution in [0.25, 0.3) is 0 Å². The van der Waals surface area contributed by atoms with Gasteiger partial charge in [-0.05, 0) is 25.8 Å². The van der Waals surface area contributed by atoms with Gasteiger partial charge in [-0.2, -0.15) is 0 Å². The number of rotatable bonds is 5. The van der Waals surface area contributed by atoms with Crippen LogP contribution in [0.4, 0.5) is 0 Å². The maximum atomic E-state index is 12.1. The Bertz CT molecular complexity index is 607. The molecule has 0 aliphatic heterocycles. The molecule has 21 heavy (non-hydrogen) atoms. The van der Waals surface area contributed by atoms with Gasteiger partial charge < -0.3 is 14.8 Å². The average molecular weight is 288 g/mol. The first kappa shape index (κ1) is 15.3. The summed E-state index contributed by atoms with van der Waals surface area (Å²) in [5.41, 5.74) is 1.41. The van der Waals surface area contributed by atoms with Crippen molar-refractivity contribution < 1.29 is 14.3 Å². The van der Waals surface area contributed by atoms with Crippen LogP contribution in [-0.2, 0) is 0 Å². The Morgan fingerprint density at radius 1 is 1.33 bits per heavy atom. The van der Waals surface area contributed by atoms with Crippen LogP contribution in [0.2, 0.25) is 0 Å². The molecule has 0 aliphatic carbocycles. The summed E-state index contributed by atoms with van der Waals surface area (Å²) in [6.07, 6.45) is -0.180. The van der Waals surface area contributed by atoms with Gasteiger partial charge in [-0.1, -0.05) is 30.3 Å². The van der Waals surface area contributed by atoms with Crippen molar-refractivity contribution in [1.29, 1.82) is 0 Å². The lowest BCUT2D eigenvalue weighted by Gasteiger charge is -2.17. The molecule has 1 aromatic carbocycles. The third-order valence-electron chi connectivity index (χ3n) is 3.25. The van der Waals surface area contributed by atoms with E-state index in [-0.39, 0.29) is 17.7 Å². The number of nitrogens with zero attached hydrogens (tertiary/aromatic N) is 1. The smallest absolute Gasteiger partial charge is 0.289 e. The van der Waals surface area contributed by atoms with E-state index >= 15 is 0 Å². The van der Waals surface area contributed by atoms with E-state index in [2.05, 4.69) is 10.3 Å². The second kappa shape index (κ2) is 6.54. The average Bonchev–Trinajstić information content (AvgIpc) is 2.78. The van der Waals surface area contributed by atoms with Gasteiger partial charge in [-0.25, -0.2) is 4.98 Å². The first-order valence-corrected chi connectivity index (χ1v) is 6.95. The number of aliphatic hydroxyl groups excluding tert-OH is 1. The summed E-state index contributed by atoms with van der Waals surface area (Å²) in [4.78, 5) is 16.2.